The first-order valence-electron chi connectivity index (χ1n) is 8.48. The number of carbonyl (C=O) groups is 1. The van der Waals surface area contributed by atoms with Crippen molar-refractivity contribution in [1.82, 2.24) is 4.90 Å². The number of ether oxygens (including phenoxy) is 4. The van der Waals surface area contributed by atoms with E-state index in [1.165, 1.54) is 26.2 Å². The Morgan fingerprint density at radius 3 is 2.04 bits per heavy atom. The maximum Gasteiger partial charge on any atom is 0.257 e. The van der Waals surface area contributed by atoms with Crippen molar-refractivity contribution in [3.05, 3.63) is 41.5 Å². The Kier molecular flexibility index (Phi) is 6.90. The molecule has 7 heteroatoms. The lowest BCUT2D eigenvalue weighted by Crippen LogP contribution is -2.22. The zero-order chi connectivity index (χ0) is 20.0. The minimum atomic E-state index is -0.240. The molecule has 27 heavy (non-hydrogen) atoms. The molecular weight excluding hydrogens is 348 g/mol. The summed E-state index contributed by atoms with van der Waals surface area (Å²) in [6, 6.07) is 9.17. The first-order valence-corrected chi connectivity index (χ1v) is 8.48. The lowest BCUT2D eigenvalue weighted by atomic mass is 10.1. The first-order chi connectivity index (χ1) is 13.0. The minimum Gasteiger partial charge on any atom is -0.492 e. The van der Waals surface area contributed by atoms with Crippen LogP contribution in [0, 0.1) is 0 Å². The predicted molar refractivity (Wildman–Crippen MR) is 103 cm³/mol. The number of nitrogens with zero attached hydrogens (tertiary/aromatic N) is 1. The molecule has 0 bridgehead atoms. The lowest BCUT2D eigenvalue weighted by Gasteiger charge is -2.20. The van der Waals surface area contributed by atoms with E-state index < -0.39 is 0 Å². The highest BCUT2D eigenvalue weighted by atomic mass is 16.5. The van der Waals surface area contributed by atoms with Crippen molar-refractivity contribution in [3.8, 4) is 28.7 Å². The Hall–Kier alpha value is -2.93. The Morgan fingerprint density at radius 2 is 1.56 bits per heavy atom. The fourth-order valence-electron chi connectivity index (χ4n) is 2.67. The molecule has 146 valence electrons. The van der Waals surface area contributed by atoms with Gasteiger partial charge in [-0.25, -0.2) is 0 Å². The molecule has 0 spiro atoms. The number of hydrogen-bond donors (Lipinski definition) is 1. The number of rotatable bonds is 8. The molecule has 0 saturated carbocycles. The summed E-state index contributed by atoms with van der Waals surface area (Å²) in [5.74, 6) is 1.64. The van der Waals surface area contributed by atoms with E-state index in [1.54, 1.807) is 20.2 Å². The van der Waals surface area contributed by atoms with Crippen molar-refractivity contribution >= 4 is 5.91 Å². The number of nitrogens with two attached hydrogens (primary N) is 1. The summed E-state index contributed by atoms with van der Waals surface area (Å²) in [5.41, 5.74) is 7.01. The Morgan fingerprint density at radius 1 is 0.963 bits per heavy atom. The third kappa shape index (κ3) is 4.43. The van der Waals surface area contributed by atoms with Crippen LogP contribution in [0.2, 0.25) is 0 Å². The number of benzene rings is 2. The molecule has 2 rings (SSSR count). The average Bonchev–Trinajstić information content (AvgIpc) is 2.67. The van der Waals surface area contributed by atoms with Crippen LogP contribution >= 0.6 is 0 Å². The topological polar surface area (TPSA) is 83.3 Å². The van der Waals surface area contributed by atoms with Gasteiger partial charge in [-0.3, -0.25) is 4.79 Å². The van der Waals surface area contributed by atoms with Crippen molar-refractivity contribution in [3.63, 3.8) is 0 Å². The second-order valence-corrected chi connectivity index (χ2v) is 6.01. The van der Waals surface area contributed by atoms with E-state index >= 15 is 0 Å². The Bertz CT molecular complexity index is 788. The van der Waals surface area contributed by atoms with Gasteiger partial charge in [0, 0.05) is 20.2 Å². The van der Waals surface area contributed by atoms with Crippen LogP contribution in [0.4, 0.5) is 0 Å². The molecule has 2 N–H and O–H groups in total. The summed E-state index contributed by atoms with van der Waals surface area (Å²) in [4.78, 5) is 14.0. The van der Waals surface area contributed by atoms with Gasteiger partial charge in [-0.05, 0) is 30.7 Å². The molecule has 2 aromatic rings. The molecule has 0 unspecified atom stereocenters. The number of amides is 1. The van der Waals surface area contributed by atoms with Gasteiger partial charge >= 0.3 is 0 Å². The normalized spacial score (nSPS) is 10.3. The molecule has 7 nitrogen and oxygen atoms in total. The van der Waals surface area contributed by atoms with Crippen LogP contribution < -0.4 is 24.7 Å². The summed E-state index contributed by atoms with van der Waals surface area (Å²) < 4.78 is 22.3. The second-order valence-electron chi connectivity index (χ2n) is 6.01. The maximum atomic E-state index is 12.6. The molecule has 1 amide bonds. The zero-order valence-corrected chi connectivity index (χ0v) is 16.4. The molecule has 0 atom stereocenters. The van der Waals surface area contributed by atoms with Gasteiger partial charge in [0.25, 0.3) is 5.91 Å². The van der Waals surface area contributed by atoms with E-state index in [0.717, 1.165) is 12.0 Å². The highest BCUT2D eigenvalue weighted by Gasteiger charge is 2.26. The van der Waals surface area contributed by atoms with Crippen LogP contribution in [0.15, 0.2) is 30.3 Å². The predicted octanol–water partition coefficient (Wildman–Crippen LogP) is 2.71. The van der Waals surface area contributed by atoms with Gasteiger partial charge in [0.1, 0.15) is 5.75 Å². The number of hydrogen-bond acceptors (Lipinski definition) is 6. The molecule has 0 radical (unpaired) electrons. The zero-order valence-electron chi connectivity index (χ0n) is 16.4. The average molecular weight is 374 g/mol. The van der Waals surface area contributed by atoms with Gasteiger partial charge in [0.05, 0.1) is 26.9 Å². The smallest absolute Gasteiger partial charge is 0.257 e. The third-order valence-corrected chi connectivity index (χ3v) is 3.99. The minimum absolute atomic E-state index is 0.240. The van der Waals surface area contributed by atoms with Crippen molar-refractivity contribution in [2.45, 2.75) is 6.42 Å². The standard InChI is InChI=1S/C20H26N2O5/c1-22(2)20(23)15-12-16(18(25-4)19(26-5)17(15)24-3)27-14-8-6-13(7-9-14)10-11-21/h6-9,12H,10-11,21H2,1-5H3. The molecule has 0 aliphatic rings. The fraction of sp³-hybridized carbons (Fsp3) is 0.350. The highest BCUT2D eigenvalue weighted by Crippen LogP contribution is 2.48. The first kappa shape index (κ1) is 20.4. The van der Waals surface area contributed by atoms with Crippen molar-refractivity contribution in [2.24, 2.45) is 5.73 Å². The van der Waals surface area contributed by atoms with E-state index in [4.69, 9.17) is 24.7 Å². The van der Waals surface area contributed by atoms with Crippen LogP contribution in [0.1, 0.15) is 15.9 Å². The van der Waals surface area contributed by atoms with E-state index in [2.05, 4.69) is 0 Å². The molecule has 2 aromatic carbocycles. The molecule has 0 aliphatic heterocycles. The number of carbonyl (C=O) groups excluding carboxylic acids is 1. The molecule has 0 fully saturated rings. The van der Waals surface area contributed by atoms with E-state index in [9.17, 15) is 4.79 Å². The summed E-state index contributed by atoms with van der Waals surface area (Å²) >= 11 is 0. The van der Waals surface area contributed by atoms with Crippen molar-refractivity contribution < 1.29 is 23.7 Å². The Labute approximate surface area is 159 Å². The van der Waals surface area contributed by atoms with E-state index in [1.807, 2.05) is 24.3 Å². The second kappa shape index (κ2) is 9.14. The molecule has 0 saturated heterocycles. The number of methoxy groups -OCH3 is 3. The van der Waals surface area contributed by atoms with Crippen LogP contribution in [-0.2, 0) is 6.42 Å². The largest absolute Gasteiger partial charge is 0.492 e. The van der Waals surface area contributed by atoms with Gasteiger partial charge in [-0.2, -0.15) is 0 Å². The summed E-state index contributed by atoms with van der Waals surface area (Å²) in [7, 11) is 7.78. The summed E-state index contributed by atoms with van der Waals surface area (Å²) in [5, 5.41) is 0. The van der Waals surface area contributed by atoms with Gasteiger partial charge in [-0.1, -0.05) is 12.1 Å². The van der Waals surface area contributed by atoms with Crippen LogP contribution in [0.3, 0.4) is 0 Å². The molecule has 0 aromatic heterocycles. The SMILES string of the molecule is COc1c(Oc2ccc(CCN)cc2)cc(C(=O)N(C)C)c(OC)c1OC. The van der Waals surface area contributed by atoms with Gasteiger partial charge < -0.3 is 29.6 Å². The van der Waals surface area contributed by atoms with Crippen LogP contribution in [-0.4, -0.2) is 52.8 Å². The molecule has 0 aliphatic carbocycles. The highest BCUT2D eigenvalue weighted by molar-refractivity contribution is 5.99. The van der Waals surface area contributed by atoms with Gasteiger partial charge in [0.15, 0.2) is 11.5 Å². The lowest BCUT2D eigenvalue weighted by molar-refractivity contribution is 0.0823. The van der Waals surface area contributed by atoms with E-state index in [0.29, 0.717) is 40.9 Å². The van der Waals surface area contributed by atoms with Crippen LogP contribution in [0.5, 0.6) is 28.7 Å². The maximum absolute atomic E-state index is 12.6. The molecule has 0 heterocycles. The van der Waals surface area contributed by atoms with Gasteiger partial charge in [0.2, 0.25) is 11.5 Å². The fourth-order valence-corrected chi connectivity index (χ4v) is 2.67. The summed E-state index contributed by atoms with van der Waals surface area (Å²) in [6.07, 6.45) is 0.793. The van der Waals surface area contributed by atoms with Gasteiger partial charge in [-0.15, -0.1) is 0 Å². The van der Waals surface area contributed by atoms with Crippen LogP contribution in [0.25, 0.3) is 0 Å². The Balaban J connectivity index is 2.53. The monoisotopic (exact) mass is 374 g/mol. The molecular formula is C20H26N2O5. The third-order valence-electron chi connectivity index (χ3n) is 3.99. The van der Waals surface area contributed by atoms with E-state index in [-0.39, 0.29) is 5.91 Å². The van der Waals surface area contributed by atoms with Crippen molar-refractivity contribution in [2.75, 3.05) is 42.0 Å². The quantitative estimate of drug-likeness (QED) is 0.765. The van der Waals surface area contributed by atoms with Crippen molar-refractivity contribution in [1.29, 1.82) is 0 Å². The summed E-state index contributed by atoms with van der Waals surface area (Å²) in [6.45, 7) is 0.583.